The van der Waals surface area contributed by atoms with Crippen molar-refractivity contribution in [1.82, 2.24) is 19.2 Å². The van der Waals surface area contributed by atoms with E-state index in [1.54, 1.807) is 28.8 Å². The quantitative estimate of drug-likeness (QED) is 0.377. The molecule has 1 fully saturated rings. The molecule has 1 amide bonds. The molecular formula is C25H23FN4O2S2. The highest BCUT2D eigenvalue weighted by molar-refractivity contribution is 7.98. The number of thiazole rings is 1. The Morgan fingerprint density at radius 1 is 1.06 bits per heavy atom. The first-order valence-corrected chi connectivity index (χ1v) is 12.9. The van der Waals surface area contributed by atoms with Gasteiger partial charge in [0.2, 0.25) is 0 Å². The van der Waals surface area contributed by atoms with Crippen molar-refractivity contribution in [2.45, 2.75) is 17.2 Å². The molecule has 2 aromatic carbocycles. The van der Waals surface area contributed by atoms with Crippen LogP contribution in [0, 0.1) is 5.82 Å². The summed E-state index contributed by atoms with van der Waals surface area (Å²) in [5, 5.41) is 1.85. The number of piperazine rings is 1. The summed E-state index contributed by atoms with van der Waals surface area (Å²) in [7, 11) is 0. The molecule has 3 heterocycles. The van der Waals surface area contributed by atoms with Crippen molar-refractivity contribution in [3.05, 3.63) is 99.2 Å². The summed E-state index contributed by atoms with van der Waals surface area (Å²) < 4.78 is 15.6. The molecule has 0 N–H and O–H groups in total. The zero-order valence-corrected chi connectivity index (χ0v) is 20.0. The van der Waals surface area contributed by atoms with Gasteiger partial charge in [0, 0.05) is 61.0 Å². The monoisotopic (exact) mass is 494 g/mol. The molecule has 0 atom stereocenters. The number of benzene rings is 2. The van der Waals surface area contributed by atoms with E-state index in [1.807, 2.05) is 40.6 Å². The maximum Gasteiger partial charge on any atom is 0.258 e. The second kappa shape index (κ2) is 10.1. The van der Waals surface area contributed by atoms with Crippen LogP contribution in [0.5, 0.6) is 0 Å². The van der Waals surface area contributed by atoms with Crippen LogP contribution in [0.2, 0.25) is 0 Å². The van der Waals surface area contributed by atoms with Crippen molar-refractivity contribution in [1.29, 1.82) is 0 Å². The lowest BCUT2D eigenvalue weighted by Crippen LogP contribution is -2.48. The predicted molar refractivity (Wildman–Crippen MR) is 133 cm³/mol. The van der Waals surface area contributed by atoms with Gasteiger partial charge in [0.1, 0.15) is 5.82 Å². The second-order valence-electron chi connectivity index (χ2n) is 8.09. The Balaban J connectivity index is 1.22. The van der Waals surface area contributed by atoms with E-state index in [0.717, 1.165) is 10.6 Å². The van der Waals surface area contributed by atoms with Gasteiger partial charge < -0.3 is 4.90 Å². The summed E-state index contributed by atoms with van der Waals surface area (Å²) in [4.78, 5) is 35.7. The molecule has 2 aromatic heterocycles. The number of hydrogen-bond donors (Lipinski definition) is 0. The molecule has 1 saturated heterocycles. The van der Waals surface area contributed by atoms with Gasteiger partial charge in [0.25, 0.3) is 11.5 Å². The zero-order chi connectivity index (χ0) is 23.5. The van der Waals surface area contributed by atoms with Crippen LogP contribution in [0.15, 0.2) is 75.9 Å². The summed E-state index contributed by atoms with van der Waals surface area (Å²) in [6, 6.07) is 15.8. The molecule has 0 unspecified atom stereocenters. The number of fused-ring (bicyclic) bond motifs is 1. The minimum Gasteiger partial charge on any atom is -0.336 e. The van der Waals surface area contributed by atoms with Crippen molar-refractivity contribution in [3.8, 4) is 0 Å². The molecule has 1 aliphatic heterocycles. The molecule has 0 saturated carbocycles. The van der Waals surface area contributed by atoms with Crippen molar-refractivity contribution in [2.75, 3.05) is 26.2 Å². The van der Waals surface area contributed by atoms with E-state index in [1.165, 1.54) is 29.2 Å². The number of halogens is 1. The first-order valence-electron chi connectivity index (χ1n) is 11.0. The molecule has 0 bridgehead atoms. The molecular weight excluding hydrogens is 471 g/mol. The molecule has 174 valence electrons. The number of rotatable bonds is 6. The SMILES string of the molecule is O=C(c1ccccc1SCc1ccccc1F)N1CCN(Cc2cc(=O)n3ccsc3n2)CC1. The van der Waals surface area contributed by atoms with Crippen molar-refractivity contribution in [2.24, 2.45) is 0 Å². The lowest BCUT2D eigenvalue weighted by atomic mass is 10.1. The van der Waals surface area contributed by atoms with Gasteiger partial charge in [0.05, 0.1) is 11.3 Å². The lowest BCUT2D eigenvalue weighted by Gasteiger charge is -2.34. The number of carbonyl (C=O) groups is 1. The van der Waals surface area contributed by atoms with E-state index in [2.05, 4.69) is 9.88 Å². The molecule has 0 aliphatic carbocycles. The van der Waals surface area contributed by atoms with E-state index in [9.17, 15) is 14.0 Å². The summed E-state index contributed by atoms with van der Waals surface area (Å²) in [6.45, 7) is 3.21. The lowest BCUT2D eigenvalue weighted by molar-refractivity contribution is 0.0623. The van der Waals surface area contributed by atoms with Crippen molar-refractivity contribution in [3.63, 3.8) is 0 Å². The minimum absolute atomic E-state index is 0.00680. The minimum atomic E-state index is -0.231. The summed E-state index contributed by atoms with van der Waals surface area (Å²) in [5.74, 6) is 0.227. The summed E-state index contributed by atoms with van der Waals surface area (Å²) >= 11 is 2.92. The largest absolute Gasteiger partial charge is 0.336 e. The van der Waals surface area contributed by atoms with Crippen LogP contribution in [0.25, 0.3) is 4.96 Å². The molecule has 1 aliphatic rings. The van der Waals surface area contributed by atoms with Crippen LogP contribution in [0.4, 0.5) is 4.39 Å². The van der Waals surface area contributed by atoms with Crippen LogP contribution < -0.4 is 5.56 Å². The van der Waals surface area contributed by atoms with Gasteiger partial charge >= 0.3 is 0 Å². The number of carbonyl (C=O) groups excluding carboxylic acids is 1. The number of aromatic nitrogens is 2. The fraction of sp³-hybridized carbons (Fsp3) is 0.240. The predicted octanol–water partition coefficient (Wildman–Crippen LogP) is 4.15. The molecule has 0 spiro atoms. The first kappa shape index (κ1) is 22.8. The van der Waals surface area contributed by atoms with Crippen LogP contribution in [-0.4, -0.2) is 51.3 Å². The third-order valence-electron chi connectivity index (χ3n) is 5.86. The number of hydrogen-bond acceptors (Lipinski definition) is 6. The second-order valence-corrected chi connectivity index (χ2v) is 9.98. The van der Waals surface area contributed by atoms with E-state index in [-0.39, 0.29) is 17.3 Å². The van der Waals surface area contributed by atoms with E-state index < -0.39 is 0 Å². The fourth-order valence-electron chi connectivity index (χ4n) is 4.02. The van der Waals surface area contributed by atoms with Gasteiger partial charge in [-0.1, -0.05) is 30.3 Å². The molecule has 9 heteroatoms. The molecule has 5 rings (SSSR count). The third kappa shape index (κ3) is 4.91. The van der Waals surface area contributed by atoms with Crippen LogP contribution in [-0.2, 0) is 12.3 Å². The van der Waals surface area contributed by atoms with Crippen molar-refractivity contribution < 1.29 is 9.18 Å². The Morgan fingerprint density at radius 2 is 1.82 bits per heavy atom. The first-order chi connectivity index (χ1) is 16.6. The van der Waals surface area contributed by atoms with Gasteiger partial charge in [-0.2, -0.15) is 0 Å². The highest BCUT2D eigenvalue weighted by Crippen LogP contribution is 2.28. The number of nitrogens with zero attached hydrogens (tertiary/aromatic N) is 4. The van der Waals surface area contributed by atoms with Gasteiger partial charge in [-0.15, -0.1) is 23.1 Å². The molecule has 4 aromatic rings. The Hall–Kier alpha value is -3.01. The van der Waals surface area contributed by atoms with Gasteiger partial charge in [-0.25, -0.2) is 9.37 Å². The van der Waals surface area contributed by atoms with Crippen LogP contribution in [0.3, 0.4) is 0 Å². The van der Waals surface area contributed by atoms with E-state index >= 15 is 0 Å². The Morgan fingerprint density at radius 3 is 2.65 bits per heavy atom. The van der Waals surface area contributed by atoms with Crippen molar-refractivity contribution >= 4 is 34.0 Å². The Kier molecular flexibility index (Phi) is 6.75. The third-order valence-corrected chi connectivity index (χ3v) is 7.74. The smallest absolute Gasteiger partial charge is 0.258 e. The highest BCUT2D eigenvalue weighted by Gasteiger charge is 2.24. The average molecular weight is 495 g/mol. The molecule has 34 heavy (non-hydrogen) atoms. The maximum atomic E-state index is 14.0. The Labute approximate surface area is 204 Å². The Bertz CT molecular complexity index is 1380. The summed E-state index contributed by atoms with van der Waals surface area (Å²) in [5.41, 5.74) is 1.95. The van der Waals surface area contributed by atoms with Gasteiger partial charge in [-0.05, 0) is 23.8 Å². The topological polar surface area (TPSA) is 57.9 Å². The molecule has 6 nitrogen and oxygen atoms in total. The maximum absolute atomic E-state index is 14.0. The number of thioether (sulfide) groups is 1. The van der Waals surface area contributed by atoms with Gasteiger partial charge in [0.15, 0.2) is 4.96 Å². The van der Waals surface area contributed by atoms with E-state index in [0.29, 0.717) is 54.6 Å². The normalized spacial score (nSPS) is 14.6. The average Bonchev–Trinajstić information content (AvgIpc) is 3.33. The molecule has 0 radical (unpaired) electrons. The standard InChI is InChI=1S/C25H23FN4O2S2/c26-21-7-3-1-5-18(21)17-34-22-8-4-2-6-20(22)24(32)29-11-9-28(10-12-29)16-19-15-23(31)30-13-14-33-25(30)27-19/h1-8,13-15H,9-12,16-17H2. The zero-order valence-electron chi connectivity index (χ0n) is 18.4. The summed E-state index contributed by atoms with van der Waals surface area (Å²) in [6.07, 6.45) is 1.73. The van der Waals surface area contributed by atoms with Crippen LogP contribution in [0.1, 0.15) is 21.6 Å². The highest BCUT2D eigenvalue weighted by atomic mass is 32.2. The fourth-order valence-corrected chi connectivity index (χ4v) is 5.79. The van der Waals surface area contributed by atoms with Crippen LogP contribution >= 0.6 is 23.1 Å². The van der Waals surface area contributed by atoms with E-state index in [4.69, 9.17) is 0 Å². The van der Waals surface area contributed by atoms with Gasteiger partial charge in [-0.3, -0.25) is 18.9 Å². The number of amides is 1.